The molecule has 0 saturated heterocycles. The maximum atomic E-state index is 13.5. The topological polar surface area (TPSA) is 54.9 Å². The number of carbonyl (C=O) groups is 1. The van der Waals surface area contributed by atoms with Crippen LogP contribution in [0, 0.1) is 13.8 Å². The second-order valence-electron chi connectivity index (χ2n) is 7.22. The van der Waals surface area contributed by atoms with Gasteiger partial charge >= 0.3 is 0 Å². The number of benzene rings is 2. The molecule has 0 bridgehead atoms. The molecule has 0 spiro atoms. The highest BCUT2D eigenvalue weighted by Gasteiger charge is 2.24. The minimum absolute atomic E-state index is 0. The third kappa shape index (κ3) is 4.86. The van der Waals surface area contributed by atoms with Crippen molar-refractivity contribution < 1.29 is 14.3 Å². The molecule has 1 heterocycles. The zero-order valence-corrected chi connectivity index (χ0v) is 19.8. The second-order valence-corrected chi connectivity index (χ2v) is 8.20. The van der Waals surface area contributed by atoms with Crippen LogP contribution in [0.1, 0.15) is 21.5 Å². The van der Waals surface area contributed by atoms with Gasteiger partial charge in [0, 0.05) is 18.7 Å². The molecule has 0 atom stereocenters. The molecule has 0 radical (unpaired) electrons. The van der Waals surface area contributed by atoms with Gasteiger partial charge in [0.25, 0.3) is 5.91 Å². The van der Waals surface area contributed by atoms with E-state index < -0.39 is 0 Å². The number of fused-ring (bicyclic) bond motifs is 1. The van der Waals surface area contributed by atoms with E-state index in [0.717, 1.165) is 28.1 Å². The number of anilines is 1. The first-order valence-corrected chi connectivity index (χ1v) is 10.2. The predicted octanol–water partition coefficient (Wildman–Crippen LogP) is 4.56. The fourth-order valence-corrected chi connectivity index (χ4v) is 4.18. The van der Waals surface area contributed by atoms with Crippen molar-refractivity contribution in [3.63, 3.8) is 0 Å². The van der Waals surface area contributed by atoms with Crippen molar-refractivity contribution in [2.24, 2.45) is 0 Å². The lowest BCUT2D eigenvalue weighted by Gasteiger charge is -2.23. The number of aromatic nitrogens is 1. The fraction of sp³-hybridized carbons (Fsp3) is 0.364. The number of carbonyl (C=O) groups excluding carboxylic acids is 1. The van der Waals surface area contributed by atoms with Gasteiger partial charge in [0.2, 0.25) is 0 Å². The van der Waals surface area contributed by atoms with Gasteiger partial charge in [0.05, 0.1) is 14.2 Å². The maximum absolute atomic E-state index is 13.5. The summed E-state index contributed by atoms with van der Waals surface area (Å²) in [6.07, 6.45) is 0. The van der Waals surface area contributed by atoms with Crippen molar-refractivity contribution in [3.05, 3.63) is 47.0 Å². The Morgan fingerprint density at radius 2 is 1.70 bits per heavy atom. The Labute approximate surface area is 187 Å². The van der Waals surface area contributed by atoms with Gasteiger partial charge in [-0.05, 0) is 51.7 Å². The Bertz CT molecular complexity index is 995. The summed E-state index contributed by atoms with van der Waals surface area (Å²) in [4.78, 5) is 22.1. The van der Waals surface area contributed by atoms with Crippen LogP contribution in [0.2, 0.25) is 0 Å². The van der Waals surface area contributed by atoms with Gasteiger partial charge in [-0.2, -0.15) is 0 Å². The number of rotatable bonds is 7. The van der Waals surface area contributed by atoms with Crippen molar-refractivity contribution in [2.75, 3.05) is 46.3 Å². The Kier molecular flexibility index (Phi) is 8.06. The molecule has 6 nitrogen and oxygen atoms in total. The van der Waals surface area contributed by atoms with E-state index in [2.05, 4.69) is 4.90 Å². The molecule has 0 aliphatic heterocycles. The molecule has 1 aromatic heterocycles. The summed E-state index contributed by atoms with van der Waals surface area (Å²) in [5.74, 6) is 1.33. The van der Waals surface area contributed by atoms with Crippen LogP contribution in [-0.4, -0.2) is 57.2 Å². The molecule has 1 amide bonds. The molecule has 0 saturated carbocycles. The highest BCUT2D eigenvalue weighted by molar-refractivity contribution is 7.22. The van der Waals surface area contributed by atoms with E-state index in [1.54, 1.807) is 19.1 Å². The number of ether oxygens (including phenoxy) is 2. The number of nitrogens with zero attached hydrogens (tertiary/aromatic N) is 3. The van der Waals surface area contributed by atoms with Gasteiger partial charge in [0.15, 0.2) is 5.13 Å². The summed E-state index contributed by atoms with van der Waals surface area (Å²) in [5.41, 5.74) is 3.41. The van der Waals surface area contributed by atoms with Crippen LogP contribution >= 0.6 is 23.7 Å². The Hall–Kier alpha value is -2.35. The Balaban J connectivity index is 0.00000320. The molecule has 0 N–H and O–H groups in total. The Morgan fingerprint density at radius 1 is 1.03 bits per heavy atom. The molecule has 2 aromatic carbocycles. The maximum Gasteiger partial charge on any atom is 0.260 e. The average Bonchev–Trinajstić information content (AvgIpc) is 3.13. The van der Waals surface area contributed by atoms with Gasteiger partial charge in [0.1, 0.15) is 21.7 Å². The van der Waals surface area contributed by atoms with Crippen LogP contribution in [-0.2, 0) is 0 Å². The van der Waals surface area contributed by atoms with Crippen molar-refractivity contribution in [1.82, 2.24) is 9.88 Å². The molecule has 0 fully saturated rings. The van der Waals surface area contributed by atoms with Crippen molar-refractivity contribution in [2.45, 2.75) is 13.8 Å². The van der Waals surface area contributed by atoms with E-state index in [9.17, 15) is 4.79 Å². The summed E-state index contributed by atoms with van der Waals surface area (Å²) >= 11 is 1.44. The number of amides is 1. The lowest BCUT2D eigenvalue weighted by Crippen LogP contribution is -2.37. The molecule has 3 rings (SSSR count). The van der Waals surface area contributed by atoms with Crippen LogP contribution in [0.3, 0.4) is 0 Å². The number of hydrogen-bond donors (Lipinski definition) is 0. The minimum atomic E-state index is -0.0509. The van der Waals surface area contributed by atoms with Crippen LogP contribution in [0.25, 0.3) is 10.2 Å². The number of thiazole rings is 1. The Morgan fingerprint density at radius 3 is 2.33 bits per heavy atom. The SMILES string of the molecule is COc1ccc(OC)c2sc(N(CCN(C)C)C(=O)c3cc(C)ccc3C)nc12.Cl. The first-order valence-electron chi connectivity index (χ1n) is 9.41. The van der Waals surface area contributed by atoms with Crippen molar-refractivity contribution >= 4 is 45.0 Å². The van der Waals surface area contributed by atoms with E-state index in [0.29, 0.717) is 28.5 Å². The quantitative estimate of drug-likeness (QED) is 0.529. The van der Waals surface area contributed by atoms with E-state index in [1.807, 2.05) is 58.3 Å². The molecular formula is C22H28ClN3O3S. The van der Waals surface area contributed by atoms with Crippen LogP contribution in [0.5, 0.6) is 11.5 Å². The normalized spacial score (nSPS) is 10.8. The molecule has 0 unspecified atom stereocenters. The van der Waals surface area contributed by atoms with Gasteiger partial charge in [-0.1, -0.05) is 29.0 Å². The van der Waals surface area contributed by atoms with Gasteiger partial charge in [-0.3, -0.25) is 9.69 Å². The molecule has 162 valence electrons. The van der Waals surface area contributed by atoms with Gasteiger partial charge in [-0.25, -0.2) is 4.98 Å². The average molecular weight is 450 g/mol. The van der Waals surface area contributed by atoms with E-state index in [1.165, 1.54) is 11.3 Å². The van der Waals surface area contributed by atoms with Gasteiger partial charge < -0.3 is 14.4 Å². The van der Waals surface area contributed by atoms with Crippen LogP contribution in [0.4, 0.5) is 5.13 Å². The van der Waals surface area contributed by atoms with E-state index in [4.69, 9.17) is 14.5 Å². The summed E-state index contributed by atoms with van der Waals surface area (Å²) in [6, 6.07) is 9.64. The number of hydrogen-bond acceptors (Lipinski definition) is 6. The standard InChI is InChI=1S/C22H27N3O3S.ClH/c1-14-7-8-15(2)16(13-14)21(26)25(12-11-24(3)4)22-23-19-17(27-5)9-10-18(28-6)20(19)29-22;/h7-10,13H,11-12H2,1-6H3;1H. The molecular weight excluding hydrogens is 422 g/mol. The summed E-state index contributed by atoms with van der Waals surface area (Å²) in [6.45, 7) is 5.21. The van der Waals surface area contributed by atoms with Crippen LogP contribution < -0.4 is 14.4 Å². The molecule has 0 aliphatic rings. The highest BCUT2D eigenvalue weighted by atomic mass is 35.5. The number of aryl methyl sites for hydroxylation is 2. The van der Waals surface area contributed by atoms with Crippen molar-refractivity contribution in [1.29, 1.82) is 0 Å². The highest BCUT2D eigenvalue weighted by Crippen LogP contribution is 2.40. The third-order valence-corrected chi connectivity index (χ3v) is 5.86. The minimum Gasteiger partial charge on any atom is -0.495 e. The summed E-state index contributed by atoms with van der Waals surface area (Å²) < 4.78 is 11.8. The zero-order chi connectivity index (χ0) is 21.1. The predicted molar refractivity (Wildman–Crippen MR) is 126 cm³/mol. The number of halogens is 1. The lowest BCUT2D eigenvalue weighted by atomic mass is 10.0. The number of likely N-dealkylation sites (N-methyl/N-ethyl adjacent to an activating group) is 1. The first kappa shape index (κ1) is 23.9. The molecule has 30 heavy (non-hydrogen) atoms. The van der Waals surface area contributed by atoms with Gasteiger partial charge in [-0.15, -0.1) is 12.4 Å². The summed E-state index contributed by atoms with van der Waals surface area (Å²) in [7, 11) is 7.23. The second kappa shape index (κ2) is 10.1. The largest absolute Gasteiger partial charge is 0.495 e. The third-order valence-electron chi connectivity index (χ3n) is 4.77. The summed E-state index contributed by atoms with van der Waals surface area (Å²) in [5, 5.41) is 0.635. The molecule has 8 heteroatoms. The monoisotopic (exact) mass is 449 g/mol. The lowest BCUT2D eigenvalue weighted by molar-refractivity contribution is 0.0984. The smallest absolute Gasteiger partial charge is 0.260 e. The zero-order valence-electron chi connectivity index (χ0n) is 18.2. The number of methoxy groups -OCH3 is 2. The van der Waals surface area contributed by atoms with Crippen LogP contribution in [0.15, 0.2) is 30.3 Å². The van der Waals surface area contributed by atoms with E-state index >= 15 is 0 Å². The first-order chi connectivity index (χ1) is 13.8. The van der Waals surface area contributed by atoms with E-state index in [-0.39, 0.29) is 18.3 Å². The fourth-order valence-electron chi connectivity index (χ4n) is 3.09. The van der Waals surface area contributed by atoms with Crippen molar-refractivity contribution in [3.8, 4) is 11.5 Å². The molecule has 3 aromatic rings. The molecule has 0 aliphatic carbocycles.